The second kappa shape index (κ2) is 9.60. The van der Waals surface area contributed by atoms with Crippen molar-refractivity contribution < 1.29 is 19.5 Å². The Balaban J connectivity index is 2.26. The van der Waals surface area contributed by atoms with Crippen LogP contribution >= 0.6 is 11.8 Å². The fourth-order valence-electron chi connectivity index (χ4n) is 2.14. The van der Waals surface area contributed by atoms with Gasteiger partial charge in [0.1, 0.15) is 6.54 Å². The van der Waals surface area contributed by atoms with Crippen molar-refractivity contribution in [1.29, 1.82) is 0 Å². The smallest absolute Gasteiger partial charge is 0.323 e. The Bertz CT molecular complexity index is 420. The maximum absolute atomic E-state index is 11.8. The third-order valence-electron chi connectivity index (χ3n) is 3.30. The second-order valence-corrected chi connectivity index (χ2v) is 6.12. The van der Waals surface area contributed by atoms with E-state index in [2.05, 4.69) is 6.92 Å². The Morgan fingerprint density at radius 1 is 1.14 bits per heavy atom. The van der Waals surface area contributed by atoms with Gasteiger partial charge in [-0.15, -0.1) is 0 Å². The normalized spacial score (nSPS) is 17.0. The molecule has 0 atom stereocenters. The maximum atomic E-state index is 11.8. The third kappa shape index (κ3) is 6.33. The molecule has 0 saturated carbocycles. The van der Waals surface area contributed by atoms with Crippen LogP contribution in [0.2, 0.25) is 0 Å². The van der Waals surface area contributed by atoms with Crippen LogP contribution in [0.15, 0.2) is 11.0 Å². The lowest BCUT2D eigenvalue weighted by Gasteiger charge is -2.07. The maximum Gasteiger partial charge on any atom is 0.323 e. The summed E-state index contributed by atoms with van der Waals surface area (Å²) >= 11 is 0.834. The number of carbonyl (C=O) groups is 3. The molecule has 5 nitrogen and oxygen atoms in total. The first kappa shape index (κ1) is 17.8. The fourth-order valence-corrected chi connectivity index (χ4v) is 2.99. The van der Waals surface area contributed by atoms with E-state index in [1.807, 2.05) is 0 Å². The van der Waals surface area contributed by atoms with E-state index in [0.29, 0.717) is 4.91 Å². The number of nitrogens with zero attached hydrogens (tertiary/aromatic N) is 1. The van der Waals surface area contributed by atoms with E-state index in [-0.39, 0.29) is 0 Å². The van der Waals surface area contributed by atoms with Crippen LogP contribution in [0.25, 0.3) is 0 Å². The first-order valence-electron chi connectivity index (χ1n) is 7.52. The van der Waals surface area contributed by atoms with E-state index < -0.39 is 23.7 Å². The van der Waals surface area contributed by atoms with Crippen LogP contribution in [0.4, 0.5) is 4.79 Å². The minimum Gasteiger partial charge on any atom is -0.480 e. The number of carboxylic acids is 1. The predicted octanol–water partition coefficient (Wildman–Crippen LogP) is 3.79. The van der Waals surface area contributed by atoms with Crippen molar-refractivity contribution >= 4 is 28.9 Å². The van der Waals surface area contributed by atoms with Gasteiger partial charge in [-0.25, -0.2) is 0 Å². The van der Waals surface area contributed by atoms with Gasteiger partial charge in [0.05, 0.1) is 4.91 Å². The van der Waals surface area contributed by atoms with Gasteiger partial charge in [0.15, 0.2) is 0 Å². The second-order valence-electron chi connectivity index (χ2n) is 5.13. The molecule has 0 bridgehead atoms. The van der Waals surface area contributed by atoms with Crippen molar-refractivity contribution in [3.8, 4) is 0 Å². The highest BCUT2D eigenvalue weighted by Crippen LogP contribution is 2.30. The number of carbonyl (C=O) groups excluding carboxylic acids is 2. The molecule has 0 aromatic heterocycles. The van der Waals surface area contributed by atoms with E-state index in [9.17, 15) is 14.4 Å². The molecule has 1 aliphatic rings. The summed E-state index contributed by atoms with van der Waals surface area (Å²) in [5.41, 5.74) is 0. The topological polar surface area (TPSA) is 74.7 Å². The van der Waals surface area contributed by atoms with Crippen LogP contribution < -0.4 is 0 Å². The van der Waals surface area contributed by atoms with Crippen LogP contribution in [-0.4, -0.2) is 33.7 Å². The Hall–Kier alpha value is -1.30. The number of imide groups is 1. The van der Waals surface area contributed by atoms with Gasteiger partial charge in [-0.05, 0) is 24.6 Å². The number of hydrogen-bond acceptors (Lipinski definition) is 4. The molecule has 2 amide bonds. The highest BCUT2D eigenvalue weighted by molar-refractivity contribution is 8.18. The van der Waals surface area contributed by atoms with E-state index in [1.165, 1.54) is 32.1 Å². The molecule has 1 fully saturated rings. The summed E-state index contributed by atoms with van der Waals surface area (Å²) < 4.78 is 0. The lowest BCUT2D eigenvalue weighted by Crippen LogP contribution is -2.33. The number of allylic oxidation sites excluding steroid dienone is 1. The quantitative estimate of drug-likeness (QED) is 0.490. The van der Waals surface area contributed by atoms with Crippen molar-refractivity contribution in [1.82, 2.24) is 4.90 Å². The van der Waals surface area contributed by atoms with Crippen LogP contribution in [0.1, 0.15) is 58.3 Å². The third-order valence-corrected chi connectivity index (χ3v) is 4.26. The summed E-state index contributed by atoms with van der Waals surface area (Å²) in [6, 6.07) is 0. The van der Waals surface area contributed by atoms with Crippen LogP contribution in [-0.2, 0) is 9.59 Å². The van der Waals surface area contributed by atoms with Gasteiger partial charge in [-0.3, -0.25) is 19.3 Å². The van der Waals surface area contributed by atoms with Crippen LogP contribution in [0.5, 0.6) is 0 Å². The Morgan fingerprint density at radius 3 is 2.38 bits per heavy atom. The molecule has 0 aliphatic carbocycles. The highest BCUT2D eigenvalue weighted by Gasteiger charge is 2.35. The standard InChI is InChI=1S/C15H23NO4S/c1-2-3-4-5-6-7-8-9-10-12-14(19)16(11-13(17)18)15(20)21-12/h10H,2-9,11H2,1H3,(H,17,18)/b12-10-. The number of unbranched alkanes of at least 4 members (excludes halogenated alkanes) is 7. The molecular formula is C15H23NO4S. The minimum absolute atomic E-state index is 0.368. The Labute approximate surface area is 129 Å². The molecule has 1 N–H and O–H groups in total. The van der Waals surface area contributed by atoms with Gasteiger partial charge in [-0.1, -0.05) is 51.5 Å². The van der Waals surface area contributed by atoms with E-state index in [4.69, 9.17) is 5.11 Å². The van der Waals surface area contributed by atoms with Crippen molar-refractivity contribution in [2.45, 2.75) is 58.3 Å². The van der Waals surface area contributed by atoms with Gasteiger partial charge in [0.25, 0.3) is 11.1 Å². The highest BCUT2D eigenvalue weighted by atomic mass is 32.2. The number of hydrogen-bond donors (Lipinski definition) is 1. The summed E-state index contributed by atoms with van der Waals surface area (Å²) in [6.07, 6.45) is 10.9. The summed E-state index contributed by atoms with van der Waals surface area (Å²) in [6.45, 7) is 1.64. The molecule has 0 unspecified atom stereocenters. The van der Waals surface area contributed by atoms with Gasteiger partial charge < -0.3 is 5.11 Å². The number of rotatable bonds is 10. The summed E-state index contributed by atoms with van der Waals surface area (Å²) in [7, 11) is 0. The lowest BCUT2D eigenvalue weighted by molar-refractivity contribution is -0.140. The zero-order chi connectivity index (χ0) is 15.7. The zero-order valence-electron chi connectivity index (χ0n) is 12.5. The van der Waals surface area contributed by atoms with Crippen LogP contribution in [0, 0.1) is 0 Å². The van der Waals surface area contributed by atoms with Gasteiger partial charge in [0, 0.05) is 0 Å². The molecular weight excluding hydrogens is 290 g/mol. The SMILES string of the molecule is CCCCCCCCC/C=C1\SC(=O)N(CC(=O)O)C1=O. The number of carboxylic acid groups (broad SMARTS) is 1. The minimum atomic E-state index is -1.18. The molecule has 1 heterocycles. The number of amides is 2. The first-order chi connectivity index (χ1) is 10.1. The number of thioether (sulfide) groups is 1. The summed E-state index contributed by atoms with van der Waals surface area (Å²) in [5, 5.41) is 8.16. The largest absolute Gasteiger partial charge is 0.480 e. The molecule has 0 spiro atoms. The molecule has 0 aromatic carbocycles. The Kier molecular flexibility index (Phi) is 8.12. The lowest BCUT2D eigenvalue weighted by atomic mass is 10.1. The molecule has 1 aliphatic heterocycles. The van der Waals surface area contributed by atoms with Crippen molar-refractivity contribution in [2.75, 3.05) is 6.54 Å². The number of aliphatic carboxylic acids is 1. The molecule has 0 radical (unpaired) electrons. The van der Waals surface area contributed by atoms with Gasteiger partial charge in [0.2, 0.25) is 0 Å². The van der Waals surface area contributed by atoms with Crippen molar-refractivity contribution in [3.05, 3.63) is 11.0 Å². The molecule has 6 heteroatoms. The van der Waals surface area contributed by atoms with E-state index in [1.54, 1.807) is 6.08 Å². The van der Waals surface area contributed by atoms with Crippen molar-refractivity contribution in [2.24, 2.45) is 0 Å². The molecule has 0 aromatic rings. The zero-order valence-corrected chi connectivity index (χ0v) is 13.3. The first-order valence-corrected chi connectivity index (χ1v) is 8.33. The van der Waals surface area contributed by atoms with E-state index in [0.717, 1.165) is 35.9 Å². The average Bonchev–Trinajstić information content (AvgIpc) is 2.69. The van der Waals surface area contributed by atoms with Gasteiger partial charge >= 0.3 is 5.97 Å². The fraction of sp³-hybridized carbons (Fsp3) is 0.667. The van der Waals surface area contributed by atoms with Crippen LogP contribution in [0.3, 0.4) is 0 Å². The summed E-state index contributed by atoms with van der Waals surface area (Å²) in [4.78, 5) is 35.1. The molecule has 21 heavy (non-hydrogen) atoms. The molecule has 118 valence electrons. The molecule has 1 rings (SSSR count). The molecule has 1 saturated heterocycles. The monoisotopic (exact) mass is 313 g/mol. The predicted molar refractivity (Wildman–Crippen MR) is 83.0 cm³/mol. The van der Waals surface area contributed by atoms with Gasteiger partial charge in [-0.2, -0.15) is 0 Å². The Morgan fingerprint density at radius 2 is 1.76 bits per heavy atom. The van der Waals surface area contributed by atoms with E-state index >= 15 is 0 Å². The average molecular weight is 313 g/mol. The van der Waals surface area contributed by atoms with Crippen molar-refractivity contribution in [3.63, 3.8) is 0 Å². The summed E-state index contributed by atoms with van der Waals surface area (Å²) in [5.74, 6) is -1.65.